The van der Waals surface area contributed by atoms with Crippen molar-refractivity contribution < 1.29 is 13.6 Å². The van der Waals surface area contributed by atoms with Crippen LogP contribution in [0.5, 0.6) is 0 Å². The van der Waals surface area contributed by atoms with Gasteiger partial charge in [-0.05, 0) is 18.1 Å². The minimum Gasteiger partial charge on any atom is -0.358 e. The first-order valence-electron chi connectivity index (χ1n) is 6.04. The Balaban J connectivity index is 2.75. The third-order valence-corrected chi connectivity index (χ3v) is 2.34. The lowest BCUT2D eigenvalue weighted by Gasteiger charge is -2.07. The van der Waals surface area contributed by atoms with Gasteiger partial charge in [-0.1, -0.05) is 13.8 Å². The molecule has 0 bridgehead atoms. The molecule has 1 aromatic carbocycles. The molecule has 0 spiro atoms. The van der Waals surface area contributed by atoms with Gasteiger partial charge in [0.1, 0.15) is 23.3 Å². The van der Waals surface area contributed by atoms with Crippen molar-refractivity contribution in [3.05, 3.63) is 41.6 Å². The number of nitriles is 1. The predicted molar refractivity (Wildman–Crippen MR) is 71.5 cm³/mol. The van der Waals surface area contributed by atoms with Crippen LogP contribution < -0.4 is 10.6 Å². The fourth-order valence-electron chi connectivity index (χ4n) is 1.30. The zero-order chi connectivity index (χ0) is 15.1. The molecular formula is C14H15F2N3O. The number of anilines is 1. The lowest BCUT2D eigenvalue weighted by Crippen LogP contribution is -2.28. The van der Waals surface area contributed by atoms with Crippen molar-refractivity contribution >= 4 is 11.6 Å². The molecule has 0 fully saturated rings. The van der Waals surface area contributed by atoms with Gasteiger partial charge in [0.05, 0.1) is 5.69 Å². The molecule has 0 aliphatic heterocycles. The van der Waals surface area contributed by atoms with E-state index in [-0.39, 0.29) is 17.2 Å². The molecule has 0 aliphatic rings. The van der Waals surface area contributed by atoms with Gasteiger partial charge in [-0.2, -0.15) is 5.26 Å². The molecular weight excluding hydrogens is 264 g/mol. The number of carbonyl (C=O) groups excluding carboxylic acids is 1. The van der Waals surface area contributed by atoms with Crippen LogP contribution in [0.3, 0.4) is 0 Å². The monoisotopic (exact) mass is 279 g/mol. The van der Waals surface area contributed by atoms with E-state index < -0.39 is 17.5 Å². The van der Waals surface area contributed by atoms with Crippen LogP contribution in [0.2, 0.25) is 0 Å². The lowest BCUT2D eigenvalue weighted by atomic mass is 10.2. The Morgan fingerprint density at radius 1 is 1.45 bits per heavy atom. The number of hydrogen-bond donors (Lipinski definition) is 2. The molecule has 106 valence electrons. The molecule has 0 heterocycles. The highest BCUT2D eigenvalue weighted by Crippen LogP contribution is 2.15. The zero-order valence-electron chi connectivity index (χ0n) is 11.2. The SMILES string of the molecule is CC(C)CNC(=O)/C(C#N)=C\Nc1ccc(F)cc1F. The Morgan fingerprint density at radius 3 is 2.70 bits per heavy atom. The highest BCUT2D eigenvalue weighted by atomic mass is 19.1. The average Bonchev–Trinajstić information content (AvgIpc) is 2.39. The summed E-state index contributed by atoms with van der Waals surface area (Å²) in [7, 11) is 0. The van der Waals surface area contributed by atoms with Gasteiger partial charge < -0.3 is 10.6 Å². The maximum absolute atomic E-state index is 13.3. The lowest BCUT2D eigenvalue weighted by molar-refractivity contribution is -0.117. The normalized spacial score (nSPS) is 11.1. The Labute approximate surface area is 116 Å². The fourth-order valence-corrected chi connectivity index (χ4v) is 1.30. The molecule has 0 saturated heterocycles. The first kappa shape index (κ1) is 15.6. The number of amides is 1. The number of nitrogens with zero attached hydrogens (tertiary/aromatic N) is 1. The second-order valence-electron chi connectivity index (χ2n) is 4.54. The second-order valence-corrected chi connectivity index (χ2v) is 4.54. The van der Waals surface area contributed by atoms with Gasteiger partial charge in [-0.3, -0.25) is 4.79 Å². The van der Waals surface area contributed by atoms with Crippen LogP contribution in [-0.2, 0) is 4.79 Å². The van der Waals surface area contributed by atoms with Crippen molar-refractivity contribution in [1.29, 1.82) is 5.26 Å². The van der Waals surface area contributed by atoms with Crippen molar-refractivity contribution in [3.63, 3.8) is 0 Å². The molecule has 0 radical (unpaired) electrons. The molecule has 0 unspecified atom stereocenters. The van der Waals surface area contributed by atoms with Gasteiger partial charge in [0.15, 0.2) is 0 Å². The van der Waals surface area contributed by atoms with E-state index in [0.717, 1.165) is 12.3 Å². The summed E-state index contributed by atoms with van der Waals surface area (Å²) in [6.45, 7) is 4.27. The average molecular weight is 279 g/mol. The Bertz CT molecular complexity index is 562. The molecule has 0 atom stereocenters. The molecule has 6 heteroatoms. The van der Waals surface area contributed by atoms with Crippen LogP contribution in [0.4, 0.5) is 14.5 Å². The topological polar surface area (TPSA) is 64.9 Å². The molecule has 20 heavy (non-hydrogen) atoms. The summed E-state index contributed by atoms with van der Waals surface area (Å²) in [5.74, 6) is -1.80. The Hall–Kier alpha value is -2.42. The van der Waals surface area contributed by atoms with Gasteiger partial charge in [0.25, 0.3) is 5.91 Å². The maximum atomic E-state index is 13.3. The fraction of sp³-hybridized carbons (Fsp3) is 0.286. The van der Waals surface area contributed by atoms with E-state index in [9.17, 15) is 13.6 Å². The summed E-state index contributed by atoms with van der Waals surface area (Å²) in [5.41, 5.74) is -0.204. The number of hydrogen-bond acceptors (Lipinski definition) is 3. The summed E-state index contributed by atoms with van der Waals surface area (Å²) < 4.78 is 26.1. The van der Waals surface area contributed by atoms with Gasteiger partial charge in [-0.25, -0.2) is 8.78 Å². The third-order valence-electron chi connectivity index (χ3n) is 2.34. The largest absolute Gasteiger partial charge is 0.358 e. The van der Waals surface area contributed by atoms with Gasteiger partial charge in [0.2, 0.25) is 0 Å². The summed E-state index contributed by atoms with van der Waals surface area (Å²) in [5, 5.41) is 13.9. The van der Waals surface area contributed by atoms with Crippen molar-refractivity contribution in [2.45, 2.75) is 13.8 Å². The zero-order valence-corrected chi connectivity index (χ0v) is 11.2. The van der Waals surface area contributed by atoms with E-state index >= 15 is 0 Å². The van der Waals surface area contributed by atoms with E-state index in [2.05, 4.69) is 10.6 Å². The number of carbonyl (C=O) groups is 1. The first-order chi connectivity index (χ1) is 9.43. The smallest absolute Gasteiger partial charge is 0.263 e. The number of nitrogens with one attached hydrogen (secondary N) is 2. The first-order valence-corrected chi connectivity index (χ1v) is 6.04. The Kier molecular flexibility index (Phi) is 5.66. The number of rotatable bonds is 5. The second kappa shape index (κ2) is 7.24. The van der Waals surface area contributed by atoms with Crippen molar-refractivity contribution in [2.24, 2.45) is 5.92 Å². The van der Waals surface area contributed by atoms with Crippen LogP contribution in [0.1, 0.15) is 13.8 Å². The summed E-state index contributed by atoms with van der Waals surface area (Å²) in [6.07, 6.45) is 1.09. The predicted octanol–water partition coefficient (Wildman–Crippen LogP) is 2.56. The van der Waals surface area contributed by atoms with Crippen molar-refractivity contribution in [2.75, 3.05) is 11.9 Å². The van der Waals surface area contributed by atoms with E-state index in [1.807, 2.05) is 13.8 Å². The minimum absolute atomic E-state index is 0.0178. The van der Waals surface area contributed by atoms with E-state index in [0.29, 0.717) is 12.6 Å². The number of halogens is 2. The molecule has 1 aromatic rings. The van der Waals surface area contributed by atoms with Gasteiger partial charge in [0, 0.05) is 18.8 Å². The summed E-state index contributed by atoms with van der Waals surface area (Å²) >= 11 is 0. The van der Waals surface area contributed by atoms with Crippen molar-refractivity contribution in [3.8, 4) is 6.07 Å². The van der Waals surface area contributed by atoms with Gasteiger partial charge >= 0.3 is 0 Å². The van der Waals surface area contributed by atoms with Gasteiger partial charge in [-0.15, -0.1) is 0 Å². The standard InChI is InChI=1S/C14H15F2N3O/c1-9(2)7-19-14(20)10(6-17)8-18-13-4-3-11(15)5-12(13)16/h3-5,8-9,18H,7H2,1-2H3,(H,19,20)/b10-8-. The quantitative estimate of drug-likeness (QED) is 0.643. The van der Waals surface area contributed by atoms with Crippen molar-refractivity contribution in [1.82, 2.24) is 5.32 Å². The molecule has 1 amide bonds. The molecule has 0 aliphatic carbocycles. The highest BCUT2D eigenvalue weighted by molar-refractivity contribution is 5.97. The van der Waals surface area contributed by atoms with Crippen LogP contribution in [0.15, 0.2) is 30.0 Å². The van der Waals surface area contributed by atoms with Crippen LogP contribution >= 0.6 is 0 Å². The molecule has 2 N–H and O–H groups in total. The minimum atomic E-state index is -0.805. The van der Waals surface area contributed by atoms with E-state index in [1.54, 1.807) is 6.07 Å². The number of benzene rings is 1. The van der Waals surface area contributed by atoms with E-state index in [1.165, 1.54) is 6.07 Å². The maximum Gasteiger partial charge on any atom is 0.263 e. The van der Waals surface area contributed by atoms with Crippen LogP contribution in [0.25, 0.3) is 0 Å². The highest BCUT2D eigenvalue weighted by Gasteiger charge is 2.09. The third kappa shape index (κ3) is 4.69. The molecule has 0 saturated carbocycles. The molecule has 1 rings (SSSR count). The van der Waals surface area contributed by atoms with E-state index in [4.69, 9.17) is 5.26 Å². The molecule has 0 aromatic heterocycles. The van der Waals surface area contributed by atoms with Crippen LogP contribution in [-0.4, -0.2) is 12.5 Å². The summed E-state index contributed by atoms with van der Waals surface area (Å²) in [6, 6.07) is 4.68. The Morgan fingerprint density at radius 2 is 2.15 bits per heavy atom. The summed E-state index contributed by atoms with van der Waals surface area (Å²) in [4.78, 5) is 11.6. The molecule has 4 nitrogen and oxygen atoms in total. The van der Waals surface area contributed by atoms with Crippen LogP contribution in [0, 0.1) is 28.9 Å².